The number of H-pyrrole nitrogens is 1. The molecule has 1 fully saturated rings. The molecule has 5 nitrogen and oxygen atoms in total. The molecule has 2 aromatic heterocycles. The Morgan fingerprint density at radius 3 is 2.78 bits per heavy atom. The number of nitrogens with two attached hydrogens (primary N) is 1. The number of nitrogens with zero attached hydrogens (tertiary/aromatic N) is 2. The maximum atomic E-state index is 15.0. The molecule has 1 amide bonds. The van der Waals surface area contributed by atoms with Gasteiger partial charge >= 0.3 is 0 Å². The van der Waals surface area contributed by atoms with E-state index in [0.717, 1.165) is 18.4 Å². The molecule has 0 bridgehead atoms. The summed E-state index contributed by atoms with van der Waals surface area (Å²) in [7, 11) is 0. The highest BCUT2D eigenvalue weighted by molar-refractivity contribution is 7.08. The van der Waals surface area contributed by atoms with Crippen LogP contribution in [0.15, 0.2) is 29.2 Å². The fourth-order valence-electron chi connectivity index (χ4n) is 2.83. The van der Waals surface area contributed by atoms with E-state index < -0.39 is 11.7 Å². The van der Waals surface area contributed by atoms with Crippen molar-refractivity contribution in [2.75, 3.05) is 0 Å². The van der Waals surface area contributed by atoms with Crippen LogP contribution in [0.5, 0.6) is 0 Å². The van der Waals surface area contributed by atoms with E-state index in [0.29, 0.717) is 28.4 Å². The van der Waals surface area contributed by atoms with E-state index >= 15 is 4.39 Å². The number of aromatic nitrogens is 3. The SMILES string of the molecule is NC(=O)c1cc(C2CC2)c(-c2ncn[nH]2)c(-c2ccsc2)c1F. The highest BCUT2D eigenvalue weighted by atomic mass is 32.1. The number of amides is 1. The predicted molar refractivity (Wildman–Crippen MR) is 85.6 cm³/mol. The number of nitrogens with one attached hydrogen (secondary N) is 1. The summed E-state index contributed by atoms with van der Waals surface area (Å²) in [5, 5.41) is 10.4. The van der Waals surface area contributed by atoms with Crippen LogP contribution in [0.2, 0.25) is 0 Å². The van der Waals surface area contributed by atoms with E-state index in [1.807, 2.05) is 16.8 Å². The number of hydrogen-bond acceptors (Lipinski definition) is 4. The van der Waals surface area contributed by atoms with Gasteiger partial charge in [0.05, 0.1) is 5.56 Å². The number of hydrogen-bond donors (Lipinski definition) is 2. The average Bonchev–Trinajstić information content (AvgIpc) is 3.02. The summed E-state index contributed by atoms with van der Waals surface area (Å²) in [5.41, 5.74) is 7.96. The smallest absolute Gasteiger partial charge is 0.251 e. The Kier molecular flexibility index (Phi) is 3.23. The van der Waals surface area contributed by atoms with Crippen molar-refractivity contribution in [1.29, 1.82) is 0 Å². The molecule has 4 rings (SSSR count). The molecule has 0 atom stereocenters. The average molecular weight is 328 g/mol. The molecule has 1 aliphatic carbocycles. The summed E-state index contributed by atoms with van der Waals surface area (Å²) in [5.74, 6) is -0.564. The lowest BCUT2D eigenvalue weighted by atomic mass is 9.90. The van der Waals surface area contributed by atoms with Crippen molar-refractivity contribution >= 4 is 17.2 Å². The Morgan fingerprint density at radius 1 is 1.39 bits per heavy atom. The molecule has 2 heterocycles. The zero-order valence-electron chi connectivity index (χ0n) is 12.0. The summed E-state index contributed by atoms with van der Waals surface area (Å²) in [4.78, 5) is 15.9. The first kappa shape index (κ1) is 14.1. The molecule has 3 N–H and O–H groups in total. The van der Waals surface area contributed by atoms with Gasteiger partial charge in [-0.05, 0) is 52.8 Å². The van der Waals surface area contributed by atoms with Gasteiger partial charge < -0.3 is 5.73 Å². The number of primary amides is 1. The number of rotatable bonds is 4. The number of carbonyl (C=O) groups is 1. The van der Waals surface area contributed by atoms with E-state index in [1.54, 1.807) is 6.07 Å². The van der Waals surface area contributed by atoms with Gasteiger partial charge in [0, 0.05) is 11.1 Å². The highest BCUT2D eigenvalue weighted by Gasteiger charge is 2.32. The number of benzene rings is 1. The first-order chi connectivity index (χ1) is 11.2. The molecule has 23 heavy (non-hydrogen) atoms. The lowest BCUT2D eigenvalue weighted by molar-refractivity contribution is 0.0996. The maximum Gasteiger partial charge on any atom is 0.251 e. The molecule has 7 heteroatoms. The van der Waals surface area contributed by atoms with Crippen LogP contribution < -0.4 is 5.73 Å². The van der Waals surface area contributed by atoms with Crippen LogP contribution in [-0.2, 0) is 0 Å². The normalized spacial score (nSPS) is 14.1. The zero-order chi connectivity index (χ0) is 16.0. The van der Waals surface area contributed by atoms with Gasteiger partial charge in [-0.15, -0.1) is 0 Å². The number of aromatic amines is 1. The van der Waals surface area contributed by atoms with Crippen molar-refractivity contribution in [3.05, 3.63) is 46.2 Å². The topological polar surface area (TPSA) is 84.7 Å². The standard InChI is InChI=1S/C16H13FN4OS/c17-14-11(15(18)22)5-10(8-1-2-8)13(16-19-7-20-21-16)12(14)9-3-4-23-6-9/h3-8H,1-2H2,(H2,18,22)(H,19,20,21). The van der Waals surface area contributed by atoms with Gasteiger partial charge in [-0.3, -0.25) is 9.89 Å². The van der Waals surface area contributed by atoms with Crippen molar-refractivity contribution in [2.24, 2.45) is 5.73 Å². The Labute approximate surface area is 135 Å². The van der Waals surface area contributed by atoms with Gasteiger partial charge in [-0.25, -0.2) is 9.37 Å². The Balaban J connectivity index is 2.09. The molecule has 1 aromatic carbocycles. The van der Waals surface area contributed by atoms with Crippen molar-refractivity contribution in [3.8, 4) is 22.5 Å². The Hall–Kier alpha value is -2.54. The Bertz CT molecular complexity index is 870. The maximum absolute atomic E-state index is 15.0. The van der Waals surface area contributed by atoms with Gasteiger partial charge in [0.25, 0.3) is 5.91 Å². The zero-order valence-corrected chi connectivity index (χ0v) is 12.9. The van der Waals surface area contributed by atoms with Crippen LogP contribution in [0.25, 0.3) is 22.5 Å². The molecule has 0 unspecified atom stereocenters. The lowest BCUT2D eigenvalue weighted by Crippen LogP contribution is -2.15. The van der Waals surface area contributed by atoms with Gasteiger partial charge in [0.2, 0.25) is 0 Å². The summed E-state index contributed by atoms with van der Waals surface area (Å²) in [6.45, 7) is 0. The minimum Gasteiger partial charge on any atom is -0.366 e. The quantitative estimate of drug-likeness (QED) is 0.770. The molecule has 116 valence electrons. The van der Waals surface area contributed by atoms with Crippen LogP contribution >= 0.6 is 11.3 Å². The van der Waals surface area contributed by atoms with Crippen LogP contribution in [0.1, 0.15) is 34.7 Å². The van der Waals surface area contributed by atoms with Crippen LogP contribution in [0.3, 0.4) is 0 Å². The van der Waals surface area contributed by atoms with Crippen molar-refractivity contribution < 1.29 is 9.18 Å². The van der Waals surface area contributed by atoms with Crippen molar-refractivity contribution in [1.82, 2.24) is 15.2 Å². The third-order valence-corrected chi connectivity index (χ3v) is 4.72. The number of carbonyl (C=O) groups excluding carboxylic acids is 1. The number of thiophene rings is 1. The minimum absolute atomic E-state index is 0.0728. The molecule has 3 aromatic rings. The molecular weight excluding hydrogens is 315 g/mol. The van der Waals surface area contributed by atoms with E-state index in [4.69, 9.17) is 5.73 Å². The first-order valence-corrected chi connectivity index (χ1v) is 8.15. The van der Waals surface area contributed by atoms with E-state index in [9.17, 15) is 4.79 Å². The largest absolute Gasteiger partial charge is 0.366 e. The first-order valence-electron chi connectivity index (χ1n) is 7.21. The van der Waals surface area contributed by atoms with Gasteiger partial charge in [-0.1, -0.05) is 0 Å². The third kappa shape index (κ3) is 2.33. The fourth-order valence-corrected chi connectivity index (χ4v) is 3.48. The van der Waals surface area contributed by atoms with Crippen molar-refractivity contribution in [3.63, 3.8) is 0 Å². The molecule has 0 radical (unpaired) electrons. The Morgan fingerprint density at radius 2 is 2.22 bits per heavy atom. The molecule has 0 spiro atoms. The third-order valence-electron chi connectivity index (χ3n) is 4.04. The van der Waals surface area contributed by atoms with E-state index in [2.05, 4.69) is 15.2 Å². The van der Waals surface area contributed by atoms with Crippen LogP contribution in [-0.4, -0.2) is 21.1 Å². The van der Waals surface area contributed by atoms with Gasteiger partial charge in [0.1, 0.15) is 12.1 Å². The predicted octanol–water partition coefficient (Wildman–Crippen LogP) is 3.32. The van der Waals surface area contributed by atoms with Crippen LogP contribution in [0, 0.1) is 5.82 Å². The molecule has 0 saturated heterocycles. The highest BCUT2D eigenvalue weighted by Crippen LogP contribution is 2.48. The summed E-state index contributed by atoms with van der Waals surface area (Å²) in [6, 6.07) is 3.40. The molecular formula is C16H13FN4OS. The van der Waals surface area contributed by atoms with E-state index in [-0.39, 0.29) is 5.56 Å². The summed E-state index contributed by atoms with van der Waals surface area (Å²) in [6.07, 6.45) is 3.41. The van der Waals surface area contributed by atoms with Gasteiger partial charge in [0.15, 0.2) is 5.82 Å². The monoisotopic (exact) mass is 328 g/mol. The van der Waals surface area contributed by atoms with E-state index in [1.165, 1.54) is 17.7 Å². The van der Waals surface area contributed by atoms with Gasteiger partial charge in [-0.2, -0.15) is 16.4 Å². The minimum atomic E-state index is -0.759. The second-order valence-electron chi connectivity index (χ2n) is 5.56. The second-order valence-corrected chi connectivity index (χ2v) is 6.34. The summed E-state index contributed by atoms with van der Waals surface area (Å²) >= 11 is 1.46. The van der Waals surface area contributed by atoms with Crippen LogP contribution in [0.4, 0.5) is 4.39 Å². The lowest BCUT2D eigenvalue weighted by Gasteiger charge is -2.15. The molecule has 1 aliphatic rings. The van der Waals surface area contributed by atoms with Crippen molar-refractivity contribution in [2.45, 2.75) is 18.8 Å². The fraction of sp³-hybridized carbons (Fsp3) is 0.188. The second kappa shape index (κ2) is 5.27. The number of halogens is 1. The summed E-state index contributed by atoms with van der Waals surface area (Å²) < 4.78 is 15.0. The molecule has 1 saturated carbocycles. The molecule has 0 aliphatic heterocycles.